The van der Waals surface area contributed by atoms with Gasteiger partial charge in [0, 0.05) is 23.1 Å². The fourth-order valence-electron chi connectivity index (χ4n) is 2.91. The van der Waals surface area contributed by atoms with E-state index >= 15 is 0 Å². The van der Waals surface area contributed by atoms with Crippen LogP contribution in [0.4, 0.5) is 5.13 Å². The van der Waals surface area contributed by atoms with Crippen molar-refractivity contribution in [2.45, 2.75) is 39.0 Å². The molecule has 1 amide bonds. The number of hydrogen-bond donors (Lipinski definition) is 1. The van der Waals surface area contributed by atoms with E-state index in [2.05, 4.69) is 17.2 Å². The van der Waals surface area contributed by atoms with E-state index in [9.17, 15) is 4.79 Å². The predicted molar refractivity (Wildman–Crippen MR) is 125 cm³/mol. The van der Waals surface area contributed by atoms with E-state index in [1.165, 1.54) is 30.6 Å². The third-order valence-electron chi connectivity index (χ3n) is 4.55. The van der Waals surface area contributed by atoms with Gasteiger partial charge in [0.1, 0.15) is 5.75 Å². The largest absolute Gasteiger partial charge is 0.494 e. The lowest BCUT2D eigenvalue weighted by Gasteiger charge is -2.07. The van der Waals surface area contributed by atoms with Crippen LogP contribution in [-0.4, -0.2) is 17.5 Å². The maximum atomic E-state index is 12.5. The lowest BCUT2D eigenvalue weighted by Crippen LogP contribution is -2.11. The lowest BCUT2D eigenvalue weighted by atomic mass is 10.1. The number of carbonyl (C=O) groups excluding carboxylic acids is 1. The number of carbonyl (C=O) groups is 1. The topological polar surface area (TPSA) is 51.2 Å². The Morgan fingerprint density at radius 3 is 2.67 bits per heavy atom. The van der Waals surface area contributed by atoms with E-state index in [-0.39, 0.29) is 5.91 Å². The van der Waals surface area contributed by atoms with Crippen molar-refractivity contribution in [2.75, 3.05) is 11.9 Å². The van der Waals surface area contributed by atoms with Crippen LogP contribution in [-0.2, 0) is 6.42 Å². The van der Waals surface area contributed by atoms with Crippen LogP contribution in [0.15, 0.2) is 48.7 Å². The molecule has 0 saturated heterocycles. The number of nitrogens with one attached hydrogen (secondary N) is 1. The van der Waals surface area contributed by atoms with Crippen LogP contribution in [0.2, 0.25) is 10.0 Å². The third kappa shape index (κ3) is 6.46. The molecule has 3 rings (SSSR count). The van der Waals surface area contributed by atoms with Crippen molar-refractivity contribution in [3.8, 4) is 5.75 Å². The summed E-state index contributed by atoms with van der Waals surface area (Å²) in [6.07, 6.45) is 7.01. The Bertz CT molecular complexity index is 974. The number of thiazole rings is 1. The first kappa shape index (κ1) is 22.6. The van der Waals surface area contributed by atoms with E-state index in [0.29, 0.717) is 33.8 Å². The smallest absolute Gasteiger partial charge is 0.257 e. The van der Waals surface area contributed by atoms with Crippen molar-refractivity contribution in [3.63, 3.8) is 0 Å². The minimum Gasteiger partial charge on any atom is -0.494 e. The van der Waals surface area contributed by atoms with Gasteiger partial charge in [-0.2, -0.15) is 0 Å². The van der Waals surface area contributed by atoms with Crippen molar-refractivity contribution in [1.82, 2.24) is 4.98 Å². The van der Waals surface area contributed by atoms with E-state index in [1.807, 2.05) is 24.3 Å². The van der Waals surface area contributed by atoms with Crippen LogP contribution in [0.5, 0.6) is 5.75 Å². The molecule has 0 aliphatic carbocycles. The first-order chi connectivity index (χ1) is 14.6. The number of halogens is 2. The number of aromatic nitrogens is 1. The zero-order chi connectivity index (χ0) is 21.3. The number of benzene rings is 2. The highest BCUT2D eigenvalue weighted by Crippen LogP contribution is 2.29. The molecular weight excluding hydrogens is 439 g/mol. The van der Waals surface area contributed by atoms with Crippen LogP contribution < -0.4 is 10.1 Å². The van der Waals surface area contributed by atoms with Crippen LogP contribution in [0.3, 0.4) is 0 Å². The number of anilines is 1. The number of ether oxygens (including phenoxy) is 1. The van der Waals surface area contributed by atoms with Gasteiger partial charge in [0.25, 0.3) is 5.91 Å². The first-order valence-corrected chi connectivity index (χ1v) is 11.6. The summed E-state index contributed by atoms with van der Waals surface area (Å²) in [6.45, 7) is 2.89. The molecule has 0 bridgehead atoms. The molecule has 7 heteroatoms. The van der Waals surface area contributed by atoms with E-state index in [0.717, 1.165) is 22.6 Å². The summed E-state index contributed by atoms with van der Waals surface area (Å²) in [6, 6.07) is 12.7. The van der Waals surface area contributed by atoms with E-state index in [1.54, 1.807) is 24.4 Å². The Hall–Kier alpha value is -2.08. The maximum Gasteiger partial charge on any atom is 0.257 e. The number of amides is 1. The first-order valence-electron chi connectivity index (χ1n) is 9.98. The van der Waals surface area contributed by atoms with Gasteiger partial charge >= 0.3 is 0 Å². The van der Waals surface area contributed by atoms with Gasteiger partial charge in [0.05, 0.1) is 16.7 Å². The Labute approximate surface area is 191 Å². The molecule has 0 atom stereocenters. The molecule has 0 fully saturated rings. The predicted octanol–water partition coefficient (Wildman–Crippen LogP) is 7.25. The van der Waals surface area contributed by atoms with Gasteiger partial charge < -0.3 is 4.74 Å². The second-order valence-corrected chi connectivity index (χ2v) is 8.81. The molecule has 158 valence electrons. The van der Waals surface area contributed by atoms with Gasteiger partial charge in [-0.05, 0) is 42.3 Å². The standard InChI is InChI=1S/C23H24Cl2N2O2S/c1-2-3-4-5-13-29-18-11-9-16(10-12-18)22(28)27-23-26-15-19(30-23)14-17-7-6-8-20(24)21(17)25/h6-12,15H,2-5,13-14H2,1H3,(H,26,27,28). The number of hydrogen-bond acceptors (Lipinski definition) is 4. The third-order valence-corrected chi connectivity index (χ3v) is 6.32. The highest BCUT2D eigenvalue weighted by molar-refractivity contribution is 7.15. The summed E-state index contributed by atoms with van der Waals surface area (Å²) in [5.41, 5.74) is 1.49. The lowest BCUT2D eigenvalue weighted by molar-refractivity contribution is 0.102. The molecule has 0 aliphatic heterocycles. The quantitative estimate of drug-likeness (QED) is 0.322. The van der Waals surface area contributed by atoms with Crippen LogP contribution in [0.25, 0.3) is 0 Å². The fourth-order valence-corrected chi connectivity index (χ4v) is 4.13. The summed E-state index contributed by atoms with van der Waals surface area (Å²) < 4.78 is 5.72. The van der Waals surface area contributed by atoms with E-state index in [4.69, 9.17) is 27.9 Å². The molecule has 1 heterocycles. The van der Waals surface area contributed by atoms with Crippen LogP contribution in [0, 0.1) is 0 Å². The van der Waals surface area contributed by atoms with Crippen LogP contribution in [0.1, 0.15) is 53.4 Å². The molecule has 0 saturated carbocycles. The molecule has 2 aromatic carbocycles. The van der Waals surface area contributed by atoms with Crippen molar-refractivity contribution in [1.29, 1.82) is 0 Å². The highest BCUT2D eigenvalue weighted by atomic mass is 35.5. The van der Waals surface area contributed by atoms with Gasteiger partial charge in [-0.1, -0.05) is 61.5 Å². The molecule has 1 N–H and O–H groups in total. The van der Waals surface area contributed by atoms with Gasteiger partial charge in [0.2, 0.25) is 0 Å². The zero-order valence-electron chi connectivity index (χ0n) is 16.8. The summed E-state index contributed by atoms with van der Waals surface area (Å²) >= 11 is 13.7. The Balaban J connectivity index is 1.53. The molecule has 0 spiro atoms. The van der Waals surface area contributed by atoms with E-state index < -0.39 is 0 Å². The Kier molecular flexibility index (Phi) is 8.55. The molecule has 1 aromatic heterocycles. The summed E-state index contributed by atoms with van der Waals surface area (Å²) in [5.74, 6) is 0.573. The molecule has 0 unspecified atom stereocenters. The highest BCUT2D eigenvalue weighted by Gasteiger charge is 2.11. The summed E-state index contributed by atoms with van der Waals surface area (Å²) in [5, 5.41) is 4.47. The monoisotopic (exact) mass is 462 g/mol. The maximum absolute atomic E-state index is 12.5. The molecular formula is C23H24Cl2N2O2S. The molecule has 0 radical (unpaired) electrons. The number of rotatable bonds is 10. The van der Waals surface area contributed by atoms with Crippen LogP contribution >= 0.6 is 34.5 Å². The molecule has 3 aromatic rings. The minimum absolute atomic E-state index is 0.203. The second kappa shape index (κ2) is 11.3. The number of nitrogens with zero attached hydrogens (tertiary/aromatic N) is 1. The molecule has 0 aliphatic rings. The van der Waals surface area contributed by atoms with Gasteiger partial charge in [0.15, 0.2) is 5.13 Å². The number of unbranched alkanes of at least 4 members (excludes halogenated alkanes) is 3. The average Bonchev–Trinajstić information content (AvgIpc) is 3.18. The van der Waals surface area contributed by atoms with Crippen molar-refractivity contribution < 1.29 is 9.53 Å². The summed E-state index contributed by atoms with van der Waals surface area (Å²) in [7, 11) is 0. The fraction of sp³-hybridized carbons (Fsp3) is 0.304. The van der Waals surface area contributed by atoms with Crippen molar-refractivity contribution >= 4 is 45.6 Å². The molecule has 4 nitrogen and oxygen atoms in total. The second-order valence-electron chi connectivity index (χ2n) is 6.91. The van der Waals surface area contributed by atoms with Gasteiger partial charge in [-0.3, -0.25) is 10.1 Å². The SMILES string of the molecule is CCCCCCOc1ccc(C(=O)Nc2ncc(Cc3cccc(Cl)c3Cl)s2)cc1. The zero-order valence-corrected chi connectivity index (χ0v) is 19.1. The average molecular weight is 463 g/mol. The molecule has 30 heavy (non-hydrogen) atoms. The Morgan fingerprint density at radius 1 is 1.10 bits per heavy atom. The van der Waals surface area contributed by atoms with Gasteiger partial charge in [-0.15, -0.1) is 11.3 Å². The Morgan fingerprint density at radius 2 is 1.90 bits per heavy atom. The van der Waals surface area contributed by atoms with Crippen molar-refractivity contribution in [2.24, 2.45) is 0 Å². The normalized spacial score (nSPS) is 10.8. The van der Waals surface area contributed by atoms with Gasteiger partial charge in [-0.25, -0.2) is 4.98 Å². The minimum atomic E-state index is -0.203. The summed E-state index contributed by atoms with van der Waals surface area (Å²) in [4.78, 5) is 17.8. The van der Waals surface area contributed by atoms with Crippen molar-refractivity contribution in [3.05, 3.63) is 74.7 Å².